The minimum absolute atomic E-state index is 0.574. The van der Waals surface area contributed by atoms with Gasteiger partial charge in [-0.15, -0.1) is 0 Å². The molecule has 1 atom stereocenters. The van der Waals surface area contributed by atoms with Crippen molar-refractivity contribution >= 4 is 6.41 Å². The number of nitrogens with zero attached hydrogens (tertiary/aromatic N) is 2. The van der Waals surface area contributed by atoms with E-state index in [0.29, 0.717) is 6.04 Å². The molecule has 0 spiro atoms. The fourth-order valence-electron chi connectivity index (χ4n) is 1.29. The second-order valence-electron chi connectivity index (χ2n) is 3.01. The van der Waals surface area contributed by atoms with Crippen LogP contribution in [0.15, 0.2) is 0 Å². The van der Waals surface area contributed by atoms with E-state index in [1.165, 1.54) is 0 Å². The monoisotopic (exact) mass is 142 g/mol. The van der Waals surface area contributed by atoms with Gasteiger partial charge < -0.3 is 9.80 Å². The maximum Gasteiger partial charge on any atom is 0.209 e. The molecule has 0 bridgehead atoms. The summed E-state index contributed by atoms with van der Waals surface area (Å²) in [6, 6.07) is 0.574. The molecular formula is C7H14N2O. The zero-order valence-electron chi connectivity index (χ0n) is 6.58. The molecule has 1 amide bonds. The van der Waals surface area contributed by atoms with Gasteiger partial charge >= 0.3 is 0 Å². The predicted octanol–water partition coefficient (Wildman–Crippen LogP) is -0.221. The summed E-state index contributed by atoms with van der Waals surface area (Å²) in [4.78, 5) is 14.3. The first-order chi connectivity index (χ1) is 4.74. The fourth-order valence-corrected chi connectivity index (χ4v) is 1.29. The van der Waals surface area contributed by atoms with E-state index < -0.39 is 0 Å². The lowest BCUT2D eigenvalue weighted by atomic mass is 10.2. The minimum atomic E-state index is 0.574. The van der Waals surface area contributed by atoms with Gasteiger partial charge in [-0.25, -0.2) is 0 Å². The van der Waals surface area contributed by atoms with Crippen LogP contribution >= 0.6 is 0 Å². The van der Waals surface area contributed by atoms with Crippen molar-refractivity contribution in [1.29, 1.82) is 0 Å². The van der Waals surface area contributed by atoms with E-state index in [2.05, 4.69) is 19.0 Å². The molecule has 3 nitrogen and oxygen atoms in total. The zero-order valence-corrected chi connectivity index (χ0v) is 6.58. The Hall–Kier alpha value is -0.570. The molecule has 1 aliphatic heterocycles. The Balaban J connectivity index is 2.35. The van der Waals surface area contributed by atoms with E-state index >= 15 is 0 Å². The summed E-state index contributed by atoms with van der Waals surface area (Å²) in [5.41, 5.74) is 0. The predicted molar refractivity (Wildman–Crippen MR) is 39.7 cm³/mol. The van der Waals surface area contributed by atoms with E-state index in [1.54, 1.807) is 0 Å². The first-order valence-electron chi connectivity index (χ1n) is 3.60. The Morgan fingerprint density at radius 3 is 2.60 bits per heavy atom. The van der Waals surface area contributed by atoms with Gasteiger partial charge in [0.2, 0.25) is 6.41 Å². The van der Waals surface area contributed by atoms with Gasteiger partial charge in [0.15, 0.2) is 0 Å². The molecule has 0 saturated carbocycles. The van der Waals surface area contributed by atoms with Crippen LogP contribution in [0.1, 0.15) is 6.42 Å². The summed E-state index contributed by atoms with van der Waals surface area (Å²) >= 11 is 0. The van der Waals surface area contributed by atoms with Gasteiger partial charge in [0.1, 0.15) is 0 Å². The zero-order chi connectivity index (χ0) is 7.56. The van der Waals surface area contributed by atoms with E-state index in [1.807, 2.05) is 4.90 Å². The van der Waals surface area contributed by atoms with Gasteiger partial charge in [-0.1, -0.05) is 0 Å². The molecule has 10 heavy (non-hydrogen) atoms. The van der Waals surface area contributed by atoms with Crippen molar-refractivity contribution < 1.29 is 4.79 Å². The van der Waals surface area contributed by atoms with Crippen LogP contribution in [0, 0.1) is 0 Å². The van der Waals surface area contributed by atoms with Crippen molar-refractivity contribution in [2.45, 2.75) is 12.5 Å². The maximum absolute atomic E-state index is 10.3. The minimum Gasteiger partial charge on any atom is -0.344 e. The molecule has 1 aliphatic rings. The molecule has 1 rings (SSSR count). The second-order valence-corrected chi connectivity index (χ2v) is 3.01. The smallest absolute Gasteiger partial charge is 0.209 e. The maximum atomic E-state index is 10.3. The van der Waals surface area contributed by atoms with Crippen molar-refractivity contribution in [2.24, 2.45) is 0 Å². The standard InChI is InChI=1S/C7H14N2O/c1-8(2)7-3-4-9(5-7)6-10/h6-7H,3-5H2,1-2H3. The van der Waals surface area contributed by atoms with Crippen molar-refractivity contribution in [3.05, 3.63) is 0 Å². The first kappa shape index (κ1) is 7.54. The number of carbonyl (C=O) groups is 1. The Bertz CT molecular complexity index is 125. The van der Waals surface area contributed by atoms with Crippen LogP contribution < -0.4 is 0 Å². The van der Waals surface area contributed by atoms with Crippen LogP contribution in [0.5, 0.6) is 0 Å². The molecule has 1 unspecified atom stereocenters. The van der Waals surface area contributed by atoms with Gasteiger partial charge in [-0.2, -0.15) is 0 Å². The Morgan fingerprint density at radius 1 is 1.60 bits per heavy atom. The van der Waals surface area contributed by atoms with E-state index in [-0.39, 0.29) is 0 Å². The van der Waals surface area contributed by atoms with Crippen LogP contribution in [-0.4, -0.2) is 49.4 Å². The normalized spacial score (nSPS) is 25.9. The molecule has 0 aromatic carbocycles. The summed E-state index contributed by atoms with van der Waals surface area (Å²) in [5, 5.41) is 0. The third-order valence-electron chi connectivity index (χ3n) is 2.07. The van der Waals surface area contributed by atoms with Crippen molar-refractivity contribution in [3.63, 3.8) is 0 Å². The third-order valence-corrected chi connectivity index (χ3v) is 2.07. The SMILES string of the molecule is CN(C)C1CCN(C=O)C1. The number of likely N-dealkylation sites (N-methyl/N-ethyl adjacent to an activating group) is 1. The fraction of sp³-hybridized carbons (Fsp3) is 0.857. The first-order valence-corrected chi connectivity index (χ1v) is 3.60. The molecule has 3 heteroatoms. The van der Waals surface area contributed by atoms with Crippen LogP contribution in [0.2, 0.25) is 0 Å². The largest absolute Gasteiger partial charge is 0.344 e. The summed E-state index contributed by atoms with van der Waals surface area (Å²) in [6.45, 7) is 1.82. The number of hydrogen-bond acceptors (Lipinski definition) is 2. The van der Waals surface area contributed by atoms with Gasteiger partial charge in [-0.05, 0) is 20.5 Å². The highest BCUT2D eigenvalue weighted by atomic mass is 16.1. The molecule has 1 heterocycles. The van der Waals surface area contributed by atoms with Gasteiger partial charge in [-0.3, -0.25) is 4.79 Å². The van der Waals surface area contributed by atoms with Crippen LogP contribution in [0.4, 0.5) is 0 Å². The van der Waals surface area contributed by atoms with E-state index in [4.69, 9.17) is 0 Å². The average molecular weight is 142 g/mol. The third kappa shape index (κ3) is 1.48. The summed E-state index contributed by atoms with van der Waals surface area (Å²) in [5.74, 6) is 0. The lowest BCUT2D eigenvalue weighted by Crippen LogP contribution is -2.30. The molecule has 0 aliphatic carbocycles. The lowest BCUT2D eigenvalue weighted by molar-refractivity contribution is -0.117. The van der Waals surface area contributed by atoms with Crippen molar-refractivity contribution in [1.82, 2.24) is 9.80 Å². The highest BCUT2D eigenvalue weighted by molar-refractivity contribution is 5.47. The van der Waals surface area contributed by atoms with Crippen molar-refractivity contribution in [2.75, 3.05) is 27.2 Å². The van der Waals surface area contributed by atoms with Crippen LogP contribution in [0.25, 0.3) is 0 Å². The van der Waals surface area contributed by atoms with Gasteiger partial charge in [0.05, 0.1) is 0 Å². The number of carbonyl (C=O) groups excluding carboxylic acids is 1. The summed E-state index contributed by atoms with van der Waals surface area (Å²) in [6.07, 6.45) is 2.05. The molecule has 0 radical (unpaired) electrons. The average Bonchev–Trinajstić information content (AvgIpc) is 2.34. The Labute approximate surface area is 61.6 Å². The quantitative estimate of drug-likeness (QED) is 0.498. The molecular weight excluding hydrogens is 128 g/mol. The van der Waals surface area contributed by atoms with E-state index in [0.717, 1.165) is 25.9 Å². The number of amides is 1. The van der Waals surface area contributed by atoms with Crippen molar-refractivity contribution in [3.8, 4) is 0 Å². The second kappa shape index (κ2) is 3.01. The number of likely N-dealkylation sites (tertiary alicyclic amines) is 1. The lowest BCUT2D eigenvalue weighted by Gasteiger charge is -2.17. The topological polar surface area (TPSA) is 23.6 Å². The Morgan fingerprint density at radius 2 is 2.30 bits per heavy atom. The summed E-state index contributed by atoms with van der Waals surface area (Å²) < 4.78 is 0. The molecule has 1 saturated heterocycles. The molecule has 0 aromatic heterocycles. The molecule has 58 valence electrons. The molecule has 0 N–H and O–H groups in total. The van der Waals surface area contributed by atoms with Gasteiger partial charge in [0.25, 0.3) is 0 Å². The number of rotatable bonds is 2. The number of hydrogen-bond donors (Lipinski definition) is 0. The molecule has 0 aromatic rings. The van der Waals surface area contributed by atoms with Crippen LogP contribution in [-0.2, 0) is 4.79 Å². The molecule has 1 fully saturated rings. The van der Waals surface area contributed by atoms with E-state index in [9.17, 15) is 4.79 Å². The van der Waals surface area contributed by atoms with Crippen LogP contribution in [0.3, 0.4) is 0 Å². The van der Waals surface area contributed by atoms with Gasteiger partial charge in [0, 0.05) is 19.1 Å². The highest BCUT2D eigenvalue weighted by Crippen LogP contribution is 2.10. The highest BCUT2D eigenvalue weighted by Gasteiger charge is 2.21. The summed E-state index contributed by atoms with van der Waals surface area (Å²) in [7, 11) is 4.11. The Kier molecular flexibility index (Phi) is 2.27.